The molecule has 0 aromatic carbocycles. The molecule has 18 heavy (non-hydrogen) atoms. The lowest BCUT2D eigenvalue weighted by atomic mass is 9.93. The van der Waals surface area contributed by atoms with Gasteiger partial charge < -0.3 is 15.2 Å². The molecule has 0 heterocycles. The highest BCUT2D eigenvalue weighted by Gasteiger charge is 2.39. The van der Waals surface area contributed by atoms with Gasteiger partial charge in [-0.3, -0.25) is 0 Å². The van der Waals surface area contributed by atoms with Gasteiger partial charge >= 0.3 is 0 Å². The van der Waals surface area contributed by atoms with E-state index in [2.05, 4.69) is 39.9 Å². The maximum absolute atomic E-state index is 9.62. The van der Waals surface area contributed by atoms with Gasteiger partial charge in [-0.15, -0.1) is 0 Å². The summed E-state index contributed by atoms with van der Waals surface area (Å²) < 4.78 is 5.97. The Balaban J connectivity index is 2.35. The molecule has 0 aromatic rings. The molecule has 1 aliphatic carbocycles. The van der Waals surface area contributed by atoms with Crippen molar-refractivity contribution in [2.75, 3.05) is 13.2 Å². The zero-order valence-electron chi connectivity index (χ0n) is 12.8. The summed E-state index contributed by atoms with van der Waals surface area (Å²) in [5.41, 5.74) is 0.226. The number of hydrogen-bond donors (Lipinski definition) is 2. The van der Waals surface area contributed by atoms with Crippen LogP contribution < -0.4 is 5.32 Å². The van der Waals surface area contributed by atoms with E-state index in [1.54, 1.807) is 0 Å². The first-order chi connectivity index (χ1) is 8.26. The van der Waals surface area contributed by atoms with Crippen LogP contribution in [0.3, 0.4) is 0 Å². The first kappa shape index (κ1) is 15.9. The summed E-state index contributed by atoms with van der Waals surface area (Å²) in [4.78, 5) is 0. The summed E-state index contributed by atoms with van der Waals surface area (Å²) in [6.45, 7) is 12.0. The predicted octanol–water partition coefficient (Wildman–Crippen LogP) is 2.72. The van der Waals surface area contributed by atoms with Gasteiger partial charge in [-0.2, -0.15) is 0 Å². The molecular weight excluding hydrogens is 226 g/mol. The summed E-state index contributed by atoms with van der Waals surface area (Å²) in [7, 11) is 0. The van der Waals surface area contributed by atoms with Crippen molar-refractivity contribution in [1.29, 1.82) is 0 Å². The first-order valence-corrected chi connectivity index (χ1v) is 7.26. The van der Waals surface area contributed by atoms with Gasteiger partial charge in [-0.05, 0) is 31.1 Å². The molecule has 3 heteroatoms. The van der Waals surface area contributed by atoms with E-state index < -0.39 is 0 Å². The Kier molecular flexibility index (Phi) is 5.63. The minimum atomic E-state index is -0.111. The van der Waals surface area contributed by atoms with E-state index in [9.17, 15) is 5.11 Å². The molecule has 108 valence electrons. The smallest absolute Gasteiger partial charge is 0.0614 e. The highest BCUT2D eigenvalue weighted by atomic mass is 16.5. The van der Waals surface area contributed by atoms with Gasteiger partial charge in [0.25, 0.3) is 0 Å². The Hall–Kier alpha value is -0.120. The van der Waals surface area contributed by atoms with Crippen LogP contribution in [0, 0.1) is 5.41 Å². The summed E-state index contributed by atoms with van der Waals surface area (Å²) >= 11 is 0. The number of aliphatic hydroxyl groups is 1. The maximum Gasteiger partial charge on any atom is 0.0614 e. The minimum Gasteiger partial charge on any atom is -0.394 e. The van der Waals surface area contributed by atoms with E-state index in [1.165, 1.54) is 0 Å². The molecule has 3 nitrogen and oxygen atoms in total. The van der Waals surface area contributed by atoms with Gasteiger partial charge in [0.15, 0.2) is 0 Å². The van der Waals surface area contributed by atoms with Gasteiger partial charge in [0, 0.05) is 18.2 Å². The fourth-order valence-electron chi connectivity index (χ4n) is 2.68. The van der Waals surface area contributed by atoms with Crippen molar-refractivity contribution in [3.63, 3.8) is 0 Å². The van der Waals surface area contributed by atoms with Gasteiger partial charge in [0.1, 0.15) is 0 Å². The molecule has 2 unspecified atom stereocenters. The van der Waals surface area contributed by atoms with Crippen LogP contribution in [-0.2, 0) is 4.74 Å². The quantitative estimate of drug-likeness (QED) is 0.769. The van der Waals surface area contributed by atoms with E-state index in [-0.39, 0.29) is 12.1 Å². The molecule has 1 fully saturated rings. The van der Waals surface area contributed by atoms with Crippen molar-refractivity contribution in [2.45, 2.75) is 78.0 Å². The normalized spacial score (nSPS) is 29.2. The SMILES string of the molecule is CC(C)NC1(CO)CCC(OCCC(C)(C)C)C1. The monoisotopic (exact) mass is 257 g/mol. The van der Waals surface area contributed by atoms with E-state index in [0.29, 0.717) is 17.6 Å². The molecule has 2 atom stereocenters. The van der Waals surface area contributed by atoms with Crippen molar-refractivity contribution in [1.82, 2.24) is 5.32 Å². The molecule has 0 radical (unpaired) electrons. The highest BCUT2D eigenvalue weighted by Crippen LogP contribution is 2.32. The van der Waals surface area contributed by atoms with Crippen molar-refractivity contribution >= 4 is 0 Å². The summed E-state index contributed by atoms with van der Waals surface area (Å²) in [5, 5.41) is 13.1. The molecule has 1 aliphatic rings. The summed E-state index contributed by atoms with van der Waals surface area (Å²) in [6.07, 6.45) is 4.41. The zero-order valence-corrected chi connectivity index (χ0v) is 12.8. The first-order valence-electron chi connectivity index (χ1n) is 7.26. The van der Waals surface area contributed by atoms with Crippen LogP contribution in [0.5, 0.6) is 0 Å². The number of nitrogens with one attached hydrogen (secondary N) is 1. The van der Waals surface area contributed by atoms with Crippen molar-refractivity contribution in [3.8, 4) is 0 Å². The minimum absolute atomic E-state index is 0.111. The molecule has 0 aromatic heterocycles. The standard InChI is InChI=1S/C15H31NO2/c1-12(2)16-15(11-17)7-6-13(10-15)18-9-8-14(3,4)5/h12-13,16-17H,6-11H2,1-5H3. The number of hydrogen-bond acceptors (Lipinski definition) is 3. The predicted molar refractivity (Wildman–Crippen MR) is 75.8 cm³/mol. The van der Waals surface area contributed by atoms with E-state index in [1.807, 2.05) is 0 Å². The molecule has 0 amide bonds. The topological polar surface area (TPSA) is 41.5 Å². The Morgan fingerprint density at radius 3 is 2.56 bits per heavy atom. The molecule has 0 aliphatic heterocycles. The lowest BCUT2D eigenvalue weighted by Gasteiger charge is -2.31. The summed E-state index contributed by atoms with van der Waals surface area (Å²) in [5.74, 6) is 0. The molecule has 1 saturated carbocycles. The van der Waals surface area contributed by atoms with Crippen LogP contribution in [-0.4, -0.2) is 36.0 Å². The number of rotatable bonds is 6. The largest absolute Gasteiger partial charge is 0.394 e. The van der Waals surface area contributed by atoms with Gasteiger partial charge in [-0.25, -0.2) is 0 Å². The second-order valence-electron chi connectivity index (χ2n) is 7.28. The molecule has 0 saturated heterocycles. The van der Waals surface area contributed by atoms with Crippen LogP contribution in [0.15, 0.2) is 0 Å². The number of ether oxygens (including phenoxy) is 1. The van der Waals surface area contributed by atoms with Crippen molar-refractivity contribution in [2.24, 2.45) is 5.41 Å². The van der Waals surface area contributed by atoms with Crippen LogP contribution >= 0.6 is 0 Å². The Labute approximate surface area is 112 Å². The lowest BCUT2D eigenvalue weighted by Crippen LogP contribution is -2.50. The molecular formula is C15H31NO2. The summed E-state index contributed by atoms with van der Waals surface area (Å²) in [6, 6.07) is 0.408. The Bertz CT molecular complexity index is 247. The fraction of sp³-hybridized carbons (Fsp3) is 1.00. The average Bonchev–Trinajstić information content (AvgIpc) is 2.59. The average molecular weight is 257 g/mol. The van der Waals surface area contributed by atoms with Crippen LogP contribution in [0.25, 0.3) is 0 Å². The van der Waals surface area contributed by atoms with Crippen LogP contribution in [0.4, 0.5) is 0 Å². The van der Waals surface area contributed by atoms with Crippen molar-refractivity contribution in [3.05, 3.63) is 0 Å². The third kappa shape index (κ3) is 5.25. The third-order valence-electron chi connectivity index (χ3n) is 3.67. The van der Waals surface area contributed by atoms with Crippen molar-refractivity contribution < 1.29 is 9.84 Å². The van der Waals surface area contributed by atoms with Crippen LogP contribution in [0.1, 0.15) is 60.3 Å². The molecule has 0 spiro atoms. The van der Waals surface area contributed by atoms with E-state index in [4.69, 9.17) is 4.74 Å². The molecule has 2 N–H and O–H groups in total. The highest BCUT2D eigenvalue weighted by molar-refractivity contribution is 4.97. The van der Waals surface area contributed by atoms with E-state index >= 15 is 0 Å². The molecule has 1 rings (SSSR count). The Morgan fingerprint density at radius 2 is 2.06 bits per heavy atom. The van der Waals surface area contributed by atoms with Gasteiger partial charge in [0.2, 0.25) is 0 Å². The second-order valence-corrected chi connectivity index (χ2v) is 7.28. The van der Waals surface area contributed by atoms with Crippen LogP contribution in [0.2, 0.25) is 0 Å². The second kappa shape index (κ2) is 6.36. The Morgan fingerprint density at radius 1 is 1.39 bits per heavy atom. The molecule has 0 bridgehead atoms. The third-order valence-corrected chi connectivity index (χ3v) is 3.67. The fourth-order valence-corrected chi connectivity index (χ4v) is 2.68. The zero-order chi connectivity index (χ0) is 13.8. The lowest BCUT2D eigenvalue weighted by molar-refractivity contribution is 0.0322. The van der Waals surface area contributed by atoms with E-state index in [0.717, 1.165) is 32.3 Å². The van der Waals surface area contributed by atoms with Gasteiger partial charge in [-0.1, -0.05) is 34.6 Å². The number of aliphatic hydroxyl groups excluding tert-OH is 1. The maximum atomic E-state index is 9.62. The van der Waals surface area contributed by atoms with Gasteiger partial charge in [0.05, 0.1) is 12.7 Å².